The maximum Gasteiger partial charge on any atom is 0.237 e. The third-order valence-electron chi connectivity index (χ3n) is 1.25. The van der Waals surface area contributed by atoms with Crippen LogP contribution < -0.4 is 0 Å². The first-order valence-corrected chi connectivity index (χ1v) is 4.75. The second-order valence-electron chi connectivity index (χ2n) is 2.35. The summed E-state index contributed by atoms with van der Waals surface area (Å²) >= 11 is 1.50. The average molecular weight is 185 g/mol. The molecule has 0 amide bonds. The Bertz CT molecular complexity index is 267. The Labute approximate surface area is 75.4 Å². The molecular formula is C7H11N3OS. The maximum atomic E-state index is 9.17. The SMILES string of the molecule is CCCSc1nnc(C)c(O)n1. The molecule has 0 aliphatic heterocycles. The zero-order chi connectivity index (χ0) is 8.97. The minimum Gasteiger partial charge on any atom is -0.492 e. The fourth-order valence-electron chi connectivity index (χ4n) is 0.611. The molecule has 0 radical (unpaired) electrons. The number of hydrogen-bond donors (Lipinski definition) is 1. The van der Waals surface area contributed by atoms with Crippen LogP contribution >= 0.6 is 11.8 Å². The molecule has 0 spiro atoms. The maximum absolute atomic E-state index is 9.17. The van der Waals surface area contributed by atoms with Crippen LogP contribution in [0.5, 0.6) is 5.88 Å². The van der Waals surface area contributed by atoms with E-state index in [1.54, 1.807) is 6.92 Å². The number of aryl methyl sites for hydroxylation is 1. The van der Waals surface area contributed by atoms with E-state index in [2.05, 4.69) is 22.1 Å². The van der Waals surface area contributed by atoms with Gasteiger partial charge in [-0.25, -0.2) is 0 Å². The van der Waals surface area contributed by atoms with Crippen molar-refractivity contribution in [2.24, 2.45) is 0 Å². The van der Waals surface area contributed by atoms with Crippen molar-refractivity contribution in [3.63, 3.8) is 0 Å². The highest BCUT2D eigenvalue weighted by molar-refractivity contribution is 7.99. The number of nitrogens with zero attached hydrogens (tertiary/aromatic N) is 3. The van der Waals surface area contributed by atoms with Gasteiger partial charge in [-0.15, -0.1) is 10.2 Å². The van der Waals surface area contributed by atoms with Gasteiger partial charge in [0.25, 0.3) is 0 Å². The molecule has 1 aromatic heterocycles. The van der Waals surface area contributed by atoms with E-state index in [9.17, 15) is 5.11 Å². The second kappa shape index (κ2) is 4.25. The van der Waals surface area contributed by atoms with Gasteiger partial charge in [0.1, 0.15) is 5.69 Å². The Hall–Kier alpha value is -0.840. The van der Waals surface area contributed by atoms with E-state index >= 15 is 0 Å². The van der Waals surface area contributed by atoms with Crippen LogP contribution in [0.3, 0.4) is 0 Å². The molecule has 0 unspecified atom stereocenters. The van der Waals surface area contributed by atoms with Crippen LogP contribution in [-0.4, -0.2) is 26.0 Å². The first-order chi connectivity index (χ1) is 5.74. The molecule has 1 aromatic rings. The van der Waals surface area contributed by atoms with Crippen molar-refractivity contribution < 1.29 is 5.11 Å². The molecule has 12 heavy (non-hydrogen) atoms. The third kappa shape index (κ3) is 2.34. The zero-order valence-corrected chi connectivity index (χ0v) is 7.93. The summed E-state index contributed by atoms with van der Waals surface area (Å²) in [6.07, 6.45) is 1.06. The standard InChI is InChI=1S/C7H11N3OS/c1-3-4-12-7-8-6(11)5(2)9-10-7/h3-4H2,1-2H3,(H,8,10,11). The summed E-state index contributed by atoms with van der Waals surface area (Å²) in [5.74, 6) is 0.924. The quantitative estimate of drug-likeness (QED) is 0.721. The van der Waals surface area contributed by atoms with Gasteiger partial charge >= 0.3 is 0 Å². The monoisotopic (exact) mass is 185 g/mol. The molecule has 0 atom stereocenters. The largest absolute Gasteiger partial charge is 0.492 e. The summed E-state index contributed by atoms with van der Waals surface area (Å²) < 4.78 is 0. The highest BCUT2D eigenvalue weighted by Crippen LogP contribution is 2.16. The van der Waals surface area contributed by atoms with Gasteiger partial charge in [0.2, 0.25) is 11.0 Å². The van der Waals surface area contributed by atoms with Gasteiger partial charge in [0.05, 0.1) is 0 Å². The molecule has 5 heteroatoms. The van der Waals surface area contributed by atoms with Crippen LogP contribution in [0.2, 0.25) is 0 Å². The van der Waals surface area contributed by atoms with Crippen molar-refractivity contribution in [2.45, 2.75) is 25.4 Å². The van der Waals surface area contributed by atoms with E-state index in [0.717, 1.165) is 12.2 Å². The molecule has 1 N–H and O–H groups in total. The summed E-state index contributed by atoms with van der Waals surface area (Å²) in [7, 11) is 0. The van der Waals surface area contributed by atoms with E-state index < -0.39 is 0 Å². The smallest absolute Gasteiger partial charge is 0.237 e. The Balaban J connectivity index is 2.69. The number of rotatable bonds is 3. The van der Waals surface area contributed by atoms with E-state index in [0.29, 0.717) is 10.9 Å². The van der Waals surface area contributed by atoms with Crippen molar-refractivity contribution in [1.29, 1.82) is 0 Å². The van der Waals surface area contributed by atoms with Crippen LogP contribution in [0.4, 0.5) is 0 Å². The van der Waals surface area contributed by atoms with Crippen LogP contribution in [0, 0.1) is 6.92 Å². The minimum absolute atomic E-state index is 0.0244. The predicted octanol–water partition coefficient (Wildman–Crippen LogP) is 1.39. The van der Waals surface area contributed by atoms with Crippen molar-refractivity contribution in [3.8, 4) is 5.88 Å². The summed E-state index contributed by atoms with van der Waals surface area (Å²) in [6.45, 7) is 3.75. The first-order valence-electron chi connectivity index (χ1n) is 3.77. The molecule has 66 valence electrons. The molecule has 0 saturated heterocycles. The molecule has 4 nitrogen and oxygen atoms in total. The van der Waals surface area contributed by atoms with Gasteiger partial charge < -0.3 is 5.11 Å². The van der Waals surface area contributed by atoms with Crippen LogP contribution in [-0.2, 0) is 0 Å². The van der Waals surface area contributed by atoms with Gasteiger partial charge in [0.15, 0.2) is 0 Å². The highest BCUT2D eigenvalue weighted by Gasteiger charge is 2.02. The van der Waals surface area contributed by atoms with Crippen LogP contribution in [0.1, 0.15) is 19.0 Å². The van der Waals surface area contributed by atoms with E-state index in [1.165, 1.54) is 11.8 Å². The lowest BCUT2D eigenvalue weighted by Gasteiger charge is -1.98. The summed E-state index contributed by atoms with van der Waals surface area (Å²) in [6, 6.07) is 0. The number of aromatic nitrogens is 3. The summed E-state index contributed by atoms with van der Waals surface area (Å²) in [5.41, 5.74) is 0.468. The lowest BCUT2D eigenvalue weighted by atomic mass is 10.5. The lowest BCUT2D eigenvalue weighted by molar-refractivity contribution is 0.432. The van der Waals surface area contributed by atoms with E-state index in [1.807, 2.05) is 0 Å². The van der Waals surface area contributed by atoms with Crippen molar-refractivity contribution in [3.05, 3.63) is 5.69 Å². The van der Waals surface area contributed by atoms with Crippen molar-refractivity contribution in [1.82, 2.24) is 15.2 Å². The molecule has 0 aliphatic carbocycles. The van der Waals surface area contributed by atoms with Gasteiger partial charge in [0, 0.05) is 5.75 Å². The topological polar surface area (TPSA) is 58.9 Å². The number of aromatic hydroxyl groups is 1. The Morgan fingerprint density at radius 1 is 1.42 bits per heavy atom. The van der Waals surface area contributed by atoms with Crippen LogP contribution in [0.15, 0.2) is 5.16 Å². The van der Waals surface area contributed by atoms with Gasteiger partial charge in [-0.1, -0.05) is 18.7 Å². The molecule has 0 bridgehead atoms. The third-order valence-corrected chi connectivity index (χ3v) is 2.29. The Kier molecular flexibility index (Phi) is 3.28. The van der Waals surface area contributed by atoms with Crippen LogP contribution in [0.25, 0.3) is 0 Å². The fraction of sp³-hybridized carbons (Fsp3) is 0.571. The summed E-state index contributed by atoms with van der Waals surface area (Å²) in [5, 5.41) is 17.3. The molecule has 0 fully saturated rings. The van der Waals surface area contributed by atoms with Crippen molar-refractivity contribution >= 4 is 11.8 Å². The molecule has 1 heterocycles. The molecule has 0 aliphatic rings. The van der Waals surface area contributed by atoms with Gasteiger partial charge in [-0.2, -0.15) is 4.98 Å². The minimum atomic E-state index is -0.0244. The number of thioether (sulfide) groups is 1. The van der Waals surface area contributed by atoms with Gasteiger partial charge in [-0.3, -0.25) is 0 Å². The second-order valence-corrected chi connectivity index (χ2v) is 3.41. The molecule has 0 aromatic carbocycles. The van der Waals surface area contributed by atoms with E-state index in [4.69, 9.17) is 0 Å². The van der Waals surface area contributed by atoms with Gasteiger partial charge in [-0.05, 0) is 13.3 Å². The first kappa shape index (κ1) is 9.25. The number of hydrogen-bond acceptors (Lipinski definition) is 5. The molecular weight excluding hydrogens is 174 g/mol. The van der Waals surface area contributed by atoms with E-state index in [-0.39, 0.29) is 5.88 Å². The fourth-order valence-corrected chi connectivity index (χ4v) is 1.25. The normalized spacial score (nSPS) is 10.2. The zero-order valence-electron chi connectivity index (χ0n) is 7.11. The molecule has 1 rings (SSSR count). The Morgan fingerprint density at radius 2 is 2.17 bits per heavy atom. The van der Waals surface area contributed by atoms with Crippen molar-refractivity contribution in [2.75, 3.05) is 5.75 Å². The Morgan fingerprint density at radius 3 is 2.75 bits per heavy atom. The highest BCUT2D eigenvalue weighted by atomic mass is 32.2. The average Bonchev–Trinajstić information content (AvgIpc) is 2.07. The molecule has 0 saturated carbocycles. The summed E-state index contributed by atoms with van der Waals surface area (Å²) in [4.78, 5) is 3.86. The lowest BCUT2D eigenvalue weighted by Crippen LogP contribution is -1.94. The predicted molar refractivity (Wildman–Crippen MR) is 47.2 cm³/mol.